The lowest BCUT2D eigenvalue weighted by molar-refractivity contribution is 0.561. The highest BCUT2D eigenvalue weighted by atomic mass is 19.1. The Morgan fingerprint density at radius 1 is 1.19 bits per heavy atom. The lowest BCUT2D eigenvalue weighted by Gasteiger charge is -2.03. The predicted octanol–water partition coefficient (Wildman–Crippen LogP) is 2.37. The van der Waals surface area contributed by atoms with Gasteiger partial charge in [0.2, 0.25) is 0 Å². The Morgan fingerprint density at radius 2 is 2.00 bits per heavy atom. The van der Waals surface area contributed by atoms with E-state index in [-0.39, 0.29) is 5.82 Å². The van der Waals surface area contributed by atoms with Gasteiger partial charge < -0.3 is 5.32 Å². The zero-order valence-corrected chi connectivity index (χ0v) is 8.27. The zero-order chi connectivity index (χ0) is 11.4. The fraction of sp³-hybridized carbons (Fsp3) is 0. The van der Waals surface area contributed by atoms with Crippen molar-refractivity contribution >= 4 is 12.2 Å². The summed E-state index contributed by atoms with van der Waals surface area (Å²) in [5.74, 6) is 0.0852. The summed E-state index contributed by atoms with van der Waals surface area (Å²) in [6.45, 7) is 0. The molecule has 0 aliphatic carbocycles. The third-order valence-corrected chi connectivity index (χ3v) is 2.13. The third kappa shape index (κ3) is 2.06. The summed E-state index contributed by atoms with van der Waals surface area (Å²) in [6.07, 6.45) is 3.02. The van der Waals surface area contributed by atoms with Crippen LogP contribution in [-0.2, 0) is 4.79 Å². The highest BCUT2D eigenvalue weighted by molar-refractivity contribution is 5.71. The summed E-state index contributed by atoms with van der Waals surface area (Å²) in [4.78, 5) is 14.0. The Bertz CT molecular complexity index is 497. The fourth-order valence-electron chi connectivity index (χ4n) is 1.37. The molecule has 4 heteroatoms. The predicted molar refractivity (Wildman–Crippen MR) is 58.9 cm³/mol. The number of nitrogens with zero attached hydrogens (tertiary/aromatic N) is 1. The van der Waals surface area contributed by atoms with E-state index in [0.717, 1.165) is 0 Å². The lowest BCUT2D eigenvalue weighted by Crippen LogP contribution is -1.96. The number of pyridine rings is 1. The van der Waals surface area contributed by atoms with Crippen molar-refractivity contribution < 1.29 is 9.18 Å². The van der Waals surface area contributed by atoms with Crippen LogP contribution in [0.3, 0.4) is 0 Å². The molecular weight excluding hydrogens is 207 g/mol. The van der Waals surface area contributed by atoms with Crippen LogP contribution in [-0.4, -0.2) is 11.4 Å². The van der Waals surface area contributed by atoms with Gasteiger partial charge in [-0.15, -0.1) is 0 Å². The molecule has 1 N–H and O–H groups in total. The number of amides is 1. The number of hydrogen-bond acceptors (Lipinski definition) is 2. The Labute approximate surface area is 92.0 Å². The molecule has 1 radical (unpaired) electrons. The standard InChI is InChI=1S/C12H8FN2O/c13-11-4-2-1-3-10(11)9-5-6-12(14-7-9)15-8-16/h1-7H,(H,14,15,16). The van der Waals surface area contributed by atoms with Gasteiger partial charge in [0, 0.05) is 17.3 Å². The highest BCUT2D eigenvalue weighted by Gasteiger charge is 2.03. The van der Waals surface area contributed by atoms with Crippen LogP contribution in [0.15, 0.2) is 42.6 Å². The Morgan fingerprint density at radius 3 is 2.62 bits per heavy atom. The Hall–Kier alpha value is -2.23. The van der Waals surface area contributed by atoms with Crippen LogP contribution in [0.25, 0.3) is 11.1 Å². The van der Waals surface area contributed by atoms with Crippen molar-refractivity contribution in [3.8, 4) is 11.1 Å². The molecule has 2 aromatic rings. The van der Waals surface area contributed by atoms with Gasteiger partial charge >= 0.3 is 6.41 Å². The molecule has 0 saturated heterocycles. The number of rotatable bonds is 3. The molecule has 79 valence electrons. The summed E-state index contributed by atoms with van der Waals surface area (Å²) >= 11 is 0. The van der Waals surface area contributed by atoms with E-state index in [4.69, 9.17) is 0 Å². The third-order valence-electron chi connectivity index (χ3n) is 2.13. The van der Waals surface area contributed by atoms with Crippen molar-refractivity contribution in [2.24, 2.45) is 0 Å². The molecule has 0 spiro atoms. The van der Waals surface area contributed by atoms with Crippen LogP contribution >= 0.6 is 0 Å². The summed E-state index contributed by atoms with van der Waals surface area (Å²) in [7, 11) is 0. The van der Waals surface area contributed by atoms with Crippen LogP contribution < -0.4 is 5.32 Å². The van der Waals surface area contributed by atoms with E-state index in [1.807, 2.05) is 0 Å². The Kier molecular flexibility index (Phi) is 2.91. The van der Waals surface area contributed by atoms with Gasteiger partial charge in [0.25, 0.3) is 0 Å². The molecule has 2 rings (SSSR count). The van der Waals surface area contributed by atoms with E-state index in [9.17, 15) is 9.18 Å². The number of anilines is 1. The van der Waals surface area contributed by atoms with Crippen molar-refractivity contribution in [2.75, 3.05) is 5.32 Å². The van der Waals surface area contributed by atoms with Crippen molar-refractivity contribution in [1.29, 1.82) is 0 Å². The summed E-state index contributed by atoms with van der Waals surface area (Å²) in [5, 5.41) is 2.29. The molecule has 0 saturated carbocycles. The van der Waals surface area contributed by atoms with Gasteiger partial charge in [0.15, 0.2) is 0 Å². The normalized spacial score (nSPS) is 9.81. The number of halogens is 1. The molecule has 1 aromatic heterocycles. The van der Waals surface area contributed by atoms with E-state index in [1.165, 1.54) is 18.7 Å². The number of hydrogen-bond donors (Lipinski definition) is 1. The maximum absolute atomic E-state index is 13.4. The van der Waals surface area contributed by atoms with E-state index in [0.29, 0.717) is 16.9 Å². The molecule has 0 aliphatic rings. The average Bonchev–Trinajstić information content (AvgIpc) is 2.31. The van der Waals surface area contributed by atoms with Crippen LogP contribution in [0, 0.1) is 5.82 Å². The van der Waals surface area contributed by atoms with Gasteiger partial charge in [-0.25, -0.2) is 9.37 Å². The van der Waals surface area contributed by atoms with Gasteiger partial charge in [0.1, 0.15) is 11.6 Å². The zero-order valence-electron chi connectivity index (χ0n) is 8.27. The van der Waals surface area contributed by atoms with Crippen molar-refractivity contribution in [3.05, 3.63) is 48.4 Å². The van der Waals surface area contributed by atoms with E-state index in [1.54, 1.807) is 30.3 Å². The minimum absolute atomic E-state index is 0.299. The molecule has 0 fully saturated rings. The fourth-order valence-corrected chi connectivity index (χ4v) is 1.37. The molecule has 3 nitrogen and oxygen atoms in total. The minimum atomic E-state index is -0.299. The number of nitrogens with one attached hydrogen (secondary N) is 1. The van der Waals surface area contributed by atoms with Gasteiger partial charge in [-0.1, -0.05) is 18.2 Å². The second-order valence-corrected chi connectivity index (χ2v) is 3.14. The first-order valence-corrected chi connectivity index (χ1v) is 4.65. The van der Waals surface area contributed by atoms with Crippen LogP contribution in [0.5, 0.6) is 0 Å². The maximum atomic E-state index is 13.4. The summed E-state index contributed by atoms with van der Waals surface area (Å²) in [6, 6.07) is 9.72. The van der Waals surface area contributed by atoms with Gasteiger partial charge in [-0.2, -0.15) is 0 Å². The summed E-state index contributed by atoms with van der Waals surface area (Å²) in [5.41, 5.74) is 1.14. The quantitative estimate of drug-likeness (QED) is 0.798. The minimum Gasteiger partial charge on any atom is -0.302 e. The van der Waals surface area contributed by atoms with E-state index >= 15 is 0 Å². The van der Waals surface area contributed by atoms with Crippen LogP contribution in [0.1, 0.15) is 0 Å². The van der Waals surface area contributed by atoms with Gasteiger partial charge in [-0.3, -0.25) is 4.79 Å². The monoisotopic (exact) mass is 215 g/mol. The average molecular weight is 215 g/mol. The van der Waals surface area contributed by atoms with Crippen molar-refractivity contribution in [2.45, 2.75) is 0 Å². The first-order valence-electron chi connectivity index (χ1n) is 4.65. The van der Waals surface area contributed by atoms with Crippen LogP contribution in [0.2, 0.25) is 0 Å². The number of aromatic nitrogens is 1. The highest BCUT2D eigenvalue weighted by Crippen LogP contribution is 2.22. The lowest BCUT2D eigenvalue weighted by atomic mass is 10.1. The maximum Gasteiger partial charge on any atom is 0.315 e. The summed E-state index contributed by atoms with van der Waals surface area (Å²) < 4.78 is 13.4. The number of carbonyl (C=O) groups excluding carboxylic acids is 1. The Balaban J connectivity index is 2.35. The van der Waals surface area contributed by atoms with Gasteiger partial charge in [-0.05, 0) is 18.2 Å². The second kappa shape index (κ2) is 4.53. The molecule has 0 bridgehead atoms. The molecular formula is C12H8FN2O. The molecule has 1 amide bonds. The van der Waals surface area contributed by atoms with E-state index in [2.05, 4.69) is 10.3 Å². The molecule has 0 unspecified atom stereocenters. The largest absolute Gasteiger partial charge is 0.315 e. The first-order chi connectivity index (χ1) is 7.81. The molecule has 1 heterocycles. The van der Waals surface area contributed by atoms with E-state index < -0.39 is 0 Å². The molecule has 0 aliphatic heterocycles. The molecule has 16 heavy (non-hydrogen) atoms. The molecule has 1 aromatic carbocycles. The van der Waals surface area contributed by atoms with Crippen LogP contribution in [0.4, 0.5) is 10.2 Å². The topological polar surface area (TPSA) is 42.0 Å². The second-order valence-electron chi connectivity index (χ2n) is 3.14. The number of benzene rings is 1. The SMILES string of the molecule is O=[C]Nc1ccc(-c2ccccc2F)cn1. The van der Waals surface area contributed by atoms with Gasteiger partial charge in [0.05, 0.1) is 0 Å². The molecule has 0 atom stereocenters. The van der Waals surface area contributed by atoms with Crippen molar-refractivity contribution in [1.82, 2.24) is 4.98 Å². The van der Waals surface area contributed by atoms with Crippen molar-refractivity contribution in [3.63, 3.8) is 0 Å². The smallest absolute Gasteiger partial charge is 0.302 e. The first kappa shape index (κ1) is 10.3.